The van der Waals surface area contributed by atoms with Crippen LogP contribution in [0.25, 0.3) is 0 Å². The molecular weight excluding hydrogens is 306 g/mol. The first-order valence-corrected chi connectivity index (χ1v) is 7.75. The molecule has 1 aromatic rings. The van der Waals surface area contributed by atoms with Gasteiger partial charge in [-0.25, -0.2) is 9.59 Å². The summed E-state index contributed by atoms with van der Waals surface area (Å²) in [6, 6.07) is 6.87. The fraction of sp³-hybridized carbons (Fsp3) is 0.474. The average molecular weight is 331 g/mol. The molecule has 0 spiro atoms. The molecule has 0 bridgehead atoms. The van der Waals surface area contributed by atoms with Gasteiger partial charge in [-0.15, -0.1) is 0 Å². The molecule has 0 saturated carbocycles. The zero-order valence-electron chi connectivity index (χ0n) is 15.1. The lowest BCUT2D eigenvalue weighted by molar-refractivity contribution is 0.00692. The second-order valence-corrected chi connectivity index (χ2v) is 7.24. The van der Waals surface area contributed by atoms with E-state index in [-0.39, 0.29) is 6.54 Å². The van der Waals surface area contributed by atoms with E-state index in [0.29, 0.717) is 11.1 Å². The van der Waals surface area contributed by atoms with Gasteiger partial charge in [0.15, 0.2) is 0 Å². The van der Waals surface area contributed by atoms with Gasteiger partial charge in [0, 0.05) is 5.56 Å². The van der Waals surface area contributed by atoms with E-state index in [0.717, 1.165) is 0 Å². The fourth-order valence-electron chi connectivity index (χ4n) is 1.64. The summed E-state index contributed by atoms with van der Waals surface area (Å²) in [7, 11) is 0. The molecule has 0 aliphatic rings. The van der Waals surface area contributed by atoms with Crippen LogP contribution in [-0.2, 0) is 9.47 Å². The van der Waals surface area contributed by atoms with E-state index in [9.17, 15) is 9.59 Å². The number of hydrogen-bond donors (Lipinski definition) is 1. The molecular formula is C19H25NO4. The summed E-state index contributed by atoms with van der Waals surface area (Å²) in [4.78, 5) is 23.5. The van der Waals surface area contributed by atoms with Crippen LogP contribution in [0.5, 0.6) is 0 Å². The molecule has 1 amide bonds. The molecule has 0 radical (unpaired) electrons. The summed E-state index contributed by atoms with van der Waals surface area (Å²) in [5.74, 6) is 5.32. The molecule has 5 nitrogen and oxygen atoms in total. The molecule has 0 fully saturated rings. The third-order valence-electron chi connectivity index (χ3n) is 2.45. The molecule has 0 aliphatic carbocycles. The summed E-state index contributed by atoms with van der Waals surface area (Å²) in [5, 5.41) is 2.55. The third kappa shape index (κ3) is 8.23. The Labute approximate surface area is 143 Å². The van der Waals surface area contributed by atoms with E-state index in [1.165, 1.54) is 0 Å². The molecule has 5 heteroatoms. The summed E-state index contributed by atoms with van der Waals surface area (Å²) in [6.07, 6.45) is -0.515. The first-order valence-electron chi connectivity index (χ1n) is 7.75. The Bertz CT molecular complexity index is 654. The maximum absolute atomic E-state index is 12.0. The van der Waals surface area contributed by atoms with E-state index in [4.69, 9.17) is 9.47 Å². The van der Waals surface area contributed by atoms with Crippen molar-refractivity contribution in [2.24, 2.45) is 0 Å². The van der Waals surface area contributed by atoms with Crippen molar-refractivity contribution in [2.75, 3.05) is 6.54 Å². The maximum Gasteiger partial charge on any atom is 0.408 e. The maximum atomic E-state index is 12.0. The van der Waals surface area contributed by atoms with Gasteiger partial charge in [0.2, 0.25) is 0 Å². The van der Waals surface area contributed by atoms with Gasteiger partial charge < -0.3 is 14.8 Å². The van der Waals surface area contributed by atoms with Crippen LogP contribution < -0.4 is 5.32 Å². The number of ether oxygens (including phenoxy) is 2. The number of benzene rings is 1. The third-order valence-corrected chi connectivity index (χ3v) is 2.45. The van der Waals surface area contributed by atoms with E-state index >= 15 is 0 Å². The van der Waals surface area contributed by atoms with Crippen molar-refractivity contribution in [3.8, 4) is 11.8 Å². The van der Waals surface area contributed by atoms with Crippen molar-refractivity contribution >= 4 is 12.1 Å². The van der Waals surface area contributed by atoms with Crippen molar-refractivity contribution in [1.82, 2.24) is 5.32 Å². The molecule has 0 aliphatic heterocycles. The number of nitrogens with one attached hydrogen (secondary N) is 1. The number of rotatable bonds is 2. The number of esters is 1. The minimum Gasteiger partial charge on any atom is -0.456 e. The highest BCUT2D eigenvalue weighted by Crippen LogP contribution is 2.13. The molecule has 24 heavy (non-hydrogen) atoms. The fourth-order valence-corrected chi connectivity index (χ4v) is 1.64. The monoisotopic (exact) mass is 331 g/mol. The Hall–Kier alpha value is -2.48. The zero-order valence-corrected chi connectivity index (χ0v) is 15.1. The minimum atomic E-state index is -0.546. The van der Waals surface area contributed by atoms with E-state index in [2.05, 4.69) is 17.2 Å². The second kappa shape index (κ2) is 7.87. The van der Waals surface area contributed by atoms with Crippen LogP contribution in [0.2, 0.25) is 0 Å². The Morgan fingerprint density at radius 1 is 1.04 bits per heavy atom. The lowest BCUT2D eigenvalue weighted by Crippen LogP contribution is -2.32. The van der Waals surface area contributed by atoms with Gasteiger partial charge in [-0.2, -0.15) is 0 Å². The molecule has 1 N–H and O–H groups in total. The summed E-state index contributed by atoms with van der Waals surface area (Å²) in [5.41, 5.74) is 0.0243. The van der Waals surface area contributed by atoms with Crippen LogP contribution in [0.3, 0.4) is 0 Å². The first kappa shape index (κ1) is 19.6. The summed E-state index contributed by atoms with van der Waals surface area (Å²) >= 11 is 0. The average Bonchev–Trinajstić information content (AvgIpc) is 2.40. The van der Waals surface area contributed by atoms with Crippen molar-refractivity contribution in [2.45, 2.75) is 52.7 Å². The SMILES string of the molecule is CC(C)(C)OC(=O)NCC#Cc1cccc(C(=O)OC(C)(C)C)c1. The van der Waals surface area contributed by atoms with Gasteiger partial charge in [0.1, 0.15) is 11.2 Å². The number of hydrogen-bond acceptors (Lipinski definition) is 4. The highest BCUT2D eigenvalue weighted by Gasteiger charge is 2.18. The Morgan fingerprint density at radius 3 is 2.25 bits per heavy atom. The standard InChI is InChI=1S/C19H25NO4/c1-18(2,3)23-16(21)15-11-7-9-14(13-15)10-8-12-20-17(22)24-19(4,5)6/h7,9,11,13H,12H2,1-6H3,(H,20,22). The number of alkyl carbamates (subject to hydrolysis) is 1. The topological polar surface area (TPSA) is 64.6 Å². The Kier molecular flexibility index (Phi) is 6.42. The quantitative estimate of drug-likeness (QED) is 0.665. The van der Waals surface area contributed by atoms with Gasteiger partial charge in [0.05, 0.1) is 12.1 Å². The molecule has 0 saturated heterocycles. The zero-order chi connectivity index (χ0) is 18.4. The van der Waals surface area contributed by atoms with Gasteiger partial charge >= 0.3 is 12.1 Å². The highest BCUT2D eigenvalue weighted by atomic mass is 16.6. The molecule has 0 unspecified atom stereocenters. The smallest absolute Gasteiger partial charge is 0.408 e. The van der Waals surface area contributed by atoms with Crippen LogP contribution in [0, 0.1) is 11.8 Å². The van der Waals surface area contributed by atoms with Crippen molar-refractivity contribution in [3.63, 3.8) is 0 Å². The Morgan fingerprint density at radius 2 is 1.67 bits per heavy atom. The van der Waals surface area contributed by atoms with Gasteiger partial charge in [-0.05, 0) is 59.7 Å². The number of carbonyl (C=O) groups is 2. The van der Waals surface area contributed by atoms with E-state index < -0.39 is 23.3 Å². The predicted octanol–water partition coefficient (Wildman–Crippen LogP) is 3.52. The lowest BCUT2D eigenvalue weighted by Gasteiger charge is -2.19. The van der Waals surface area contributed by atoms with Crippen LogP contribution in [0.1, 0.15) is 57.5 Å². The van der Waals surface area contributed by atoms with Crippen LogP contribution in [-0.4, -0.2) is 29.8 Å². The molecule has 0 atom stereocenters. The minimum absolute atomic E-state index is 0.158. The molecule has 130 valence electrons. The first-order chi connectivity index (χ1) is 11.0. The van der Waals surface area contributed by atoms with Gasteiger partial charge in [0.25, 0.3) is 0 Å². The highest BCUT2D eigenvalue weighted by molar-refractivity contribution is 5.90. The van der Waals surface area contributed by atoms with E-state index in [1.807, 2.05) is 20.8 Å². The molecule has 1 aromatic carbocycles. The Balaban J connectivity index is 2.63. The van der Waals surface area contributed by atoms with Gasteiger partial charge in [-0.1, -0.05) is 17.9 Å². The van der Waals surface area contributed by atoms with Crippen LogP contribution in [0.4, 0.5) is 4.79 Å². The van der Waals surface area contributed by atoms with Crippen LogP contribution >= 0.6 is 0 Å². The molecule has 0 heterocycles. The largest absolute Gasteiger partial charge is 0.456 e. The predicted molar refractivity (Wildman–Crippen MR) is 92.7 cm³/mol. The summed E-state index contributed by atoms with van der Waals surface area (Å²) in [6.45, 7) is 11.0. The van der Waals surface area contributed by atoms with Crippen molar-refractivity contribution in [3.05, 3.63) is 35.4 Å². The second-order valence-electron chi connectivity index (χ2n) is 7.24. The summed E-state index contributed by atoms with van der Waals surface area (Å²) < 4.78 is 10.4. The van der Waals surface area contributed by atoms with Crippen molar-refractivity contribution < 1.29 is 19.1 Å². The van der Waals surface area contributed by atoms with E-state index in [1.54, 1.807) is 45.0 Å². The molecule has 0 aromatic heterocycles. The molecule has 1 rings (SSSR count). The van der Waals surface area contributed by atoms with Crippen LogP contribution in [0.15, 0.2) is 24.3 Å². The normalized spacial score (nSPS) is 11.1. The van der Waals surface area contributed by atoms with Gasteiger partial charge in [-0.3, -0.25) is 0 Å². The van der Waals surface area contributed by atoms with Crippen molar-refractivity contribution in [1.29, 1.82) is 0 Å². The number of amides is 1. The number of carbonyl (C=O) groups excluding carboxylic acids is 2. The lowest BCUT2D eigenvalue weighted by atomic mass is 10.1.